The van der Waals surface area contributed by atoms with Gasteiger partial charge in [0.05, 0.1) is 12.6 Å². The van der Waals surface area contributed by atoms with Crippen molar-refractivity contribution in [2.45, 2.75) is 25.4 Å². The smallest absolute Gasteiger partial charge is 0.237 e. The Hall–Kier alpha value is -2.53. The molecule has 0 radical (unpaired) electrons. The zero-order chi connectivity index (χ0) is 18.6. The van der Waals surface area contributed by atoms with Gasteiger partial charge in [0.25, 0.3) is 0 Å². The third kappa shape index (κ3) is 4.08. The number of benzene rings is 2. The van der Waals surface area contributed by atoms with Gasteiger partial charge >= 0.3 is 0 Å². The van der Waals surface area contributed by atoms with Gasteiger partial charge in [-0.25, -0.2) is 0 Å². The van der Waals surface area contributed by atoms with Crippen LogP contribution in [0.4, 0.5) is 0 Å². The molecule has 2 aromatic rings. The molecule has 1 unspecified atom stereocenters. The maximum atomic E-state index is 12.9. The summed E-state index contributed by atoms with van der Waals surface area (Å²) >= 11 is 0. The van der Waals surface area contributed by atoms with E-state index in [0.29, 0.717) is 19.8 Å². The first-order valence-corrected chi connectivity index (χ1v) is 9.62. The van der Waals surface area contributed by atoms with Gasteiger partial charge in [-0.15, -0.1) is 0 Å². The number of likely N-dealkylation sites (N-methyl/N-ethyl adjacent to an activating group) is 1. The summed E-state index contributed by atoms with van der Waals surface area (Å²) in [4.78, 5) is 17.0. The van der Waals surface area contributed by atoms with Gasteiger partial charge in [0, 0.05) is 13.1 Å². The Morgan fingerprint density at radius 1 is 1.11 bits per heavy atom. The van der Waals surface area contributed by atoms with Crippen LogP contribution in [0.25, 0.3) is 0 Å². The Morgan fingerprint density at radius 3 is 2.70 bits per heavy atom. The van der Waals surface area contributed by atoms with Crippen molar-refractivity contribution in [3.8, 4) is 11.5 Å². The zero-order valence-electron chi connectivity index (χ0n) is 15.8. The molecular formula is C22H26N2O3. The molecule has 2 aliphatic heterocycles. The van der Waals surface area contributed by atoms with E-state index in [1.807, 2.05) is 42.3 Å². The standard InChI is InChI=1S/C22H26N2O3/c1-23(15-17-6-3-2-4-7-17)16-22(25)24-11-5-8-19(24)18-9-10-20-21(14-18)27-13-12-26-20/h2-4,6-7,9-10,14,19H,5,8,11-13,15-16H2,1H3. The fourth-order valence-corrected chi connectivity index (χ4v) is 3.95. The van der Waals surface area contributed by atoms with Gasteiger partial charge in [0.15, 0.2) is 11.5 Å². The second-order valence-electron chi connectivity index (χ2n) is 7.31. The number of likely N-dealkylation sites (tertiary alicyclic amines) is 1. The fraction of sp³-hybridized carbons (Fsp3) is 0.409. The SMILES string of the molecule is CN(CC(=O)N1CCCC1c1ccc2c(c1)OCCO2)Cc1ccccc1. The summed E-state index contributed by atoms with van der Waals surface area (Å²) in [5.74, 6) is 1.77. The summed E-state index contributed by atoms with van der Waals surface area (Å²) in [6.07, 6.45) is 2.03. The quantitative estimate of drug-likeness (QED) is 0.815. The van der Waals surface area contributed by atoms with E-state index in [-0.39, 0.29) is 11.9 Å². The predicted molar refractivity (Wildman–Crippen MR) is 104 cm³/mol. The molecule has 0 bridgehead atoms. The molecular weight excluding hydrogens is 340 g/mol. The molecule has 4 rings (SSSR count). The first kappa shape index (κ1) is 17.9. The summed E-state index contributed by atoms with van der Waals surface area (Å²) in [5.41, 5.74) is 2.36. The Bertz CT molecular complexity index is 793. The van der Waals surface area contributed by atoms with Crippen LogP contribution in [-0.2, 0) is 11.3 Å². The van der Waals surface area contributed by atoms with Crippen molar-refractivity contribution in [1.29, 1.82) is 0 Å². The van der Waals surface area contributed by atoms with Crippen LogP contribution in [0.1, 0.15) is 30.0 Å². The number of amides is 1. The molecule has 0 aliphatic carbocycles. The summed E-state index contributed by atoms with van der Waals surface area (Å²) in [5, 5.41) is 0. The Kier molecular flexibility index (Phi) is 5.30. The van der Waals surface area contributed by atoms with Crippen molar-refractivity contribution < 1.29 is 14.3 Å². The van der Waals surface area contributed by atoms with Crippen molar-refractivity contribution in [3.63, 3.8) is 0 Å². The highest BCUT2D eigenvalue weighted by Crippen LogP contribution is 2.38. The number of hydrogen-bond donors (Lipinski definition) is 0. The van der Waals surface area contributed by atoms with E-state index in [1.54, 1.807) is 0 Å². The summed E-state index contributed by atoms with van der Waals surface area (Å²) in [6.45, 7) is 3.18. The van der Waals surface area contributed by atoms with Crippen molar-refractivity contribution in [1.82, 2.24) is 9.80 Å². The highest BCUT2D eigenvalue weighted by molar-refractivity contribution is 5.79. The number of ether oxygens (including phenoxy) is 2. The van der Waals surface area contributed by atoms with Crippen LogP contribution < -0.4 is 9.47 Å². The topological polar surface area (TPSA) is 42.0 Å². The summed E-state index contributed by atoms with van der Waals surface area (Å²) in [7, 11) is 2.00. The maximum absolute atomic E-state index is 12.9. The molecule has 1 saturated heterocycles. The molecule has 0 saturated carbocycles. The second kappa shape index (κ2) is 8.01. The summed E-state index contributed by atoms with van der Waals surface area (Å²) < 4.78 is 11.3. The van der Waals surface area contributed by atoms with Crippen LogP contribution in [-0.4, -0.2) is 49.1 Å². The highest BCUT2D eigenvalue weighted by Gasteiger charge is 2.31. The van der Waals surface area contributed by atoms with Gasteiger partial charge in [0.1, 0.15) is 13.2 Å². The largest absolute Gasteiger partial charge is 0.486 e. The Morgan fingerprint density at radius 2 is 1.89 bits per heavy atom. The van der Waals surface area contributed by atoms with Gasteiger partial charge in [-0.2, -0.15) is 0 Å². The van der Waals surface area contributed by atoms with E-state index in [2.05, 4.69) is 23.1 Å². The molecule has 5 nitrogen and oxygen atoms in total. The molecule has 2 aliphatic rings. The monoisotopic (exact) mass is 366 g/mol. The van der Waals surface area contributed by atoms with Crippen molar-refractivity contribution in [2.24, 2.45) is 0 Å². The zero-order valence-corrected chi connectivity index (χ0v) is 15.8. The lowest BCUT2D eigenvalue weighted by Gasteiger charge is -2.28. The number of hydrogen-bond acceptors (Lipinski definition) is 4. The average molecular weight is 366 g/mol. The number of nitrogens with zero attached hydrogens (tertiary/aromatic N) is 2. The molecule has 0 N–H and O–H groups in total. The average Bonchev–Trinajstić information content (AvgIpc) is 3.18. The van der Waals surface area contributed by atoms with Crippen LogP contribution in [0.15, 0.2) is 48.5 Å². The van der Waals surface area contributed by atoms with E-state index in [9.17, 15) is 4.79 Å². The van der Waals surface area contributed by atoms with Gasteiger partial charge in [0.2, 0.25) is 5.91 Å². The summed E-state index contributed by atoms with van der Waals surface area (Å²) in [6, 6.07) is 16.5. The third-order valence-electron chi connectivity index (χ3n) is 5.22. The second-order valence-corrected chi connectivity index (χ2v) is 7.31. The van der Waals surface area contributed by atoms with E-state index >= 15 is 0 Å². The van der Waals surface area contributed by atoms with E-state index < -0.39 is 0 Å². The predicted octanol–water partition coefficient (Wildman–Crippen LogP) is 3.25. The highest BCUT2D eigenvalue weighted by atomic mass is 16.6. The first-order chi connectivity index (χ1) is 13.2. The molecule has 1 amide bonds. The van der Waals surface area contributed by atoms with Gasteiger partial charge in [-0.1, -0.05) is 36.4 Å². The minimum Gasteiger partial charge on any atom is -0.486 e. The first-order valence-electron chi connectivity index (χ1n) is 9.62. The molecule has 1 atom stereocenters. The van der Waals surface area contributed by atoms with Gasteiger partial charge in [-0.05, 0) is 43.1 Å². The Labute approximate surface area is 160 Å². The maximum Gasteiger partial charge on any atom is 0.237 e. The minimum absolute atomic E-state index is 0.124. The minimum atomic E-state index is 0.124. The van der Waals surface area contributed by atoms with Crippen LogP contribution >= 0.6 is 0 Å². The molecule has 142 valence electrons. The number of rotatable bonds is 5. The van der Waals surface area contributed by atoms with Crippen molar-refractivity contribution in [3.05, 3.63) is 59.7 Å². The molecule has 2 aromatic carbocycles. The number of fused-ring (bicyclic) bond motifs is 1. The third-order valence-corrected chi connectivity index (χ3v) is 5.22. The molecule has 5 heteroatoms. The molecule has 27 heavy (non-hydrogen) atoms. The van der Waals surface area contributed by atoms with Crippen LogP contribution in [0.5, 0.6) is 11.5 Å². The molecule has 0 spiro atoms. The van der Waals surface area contributed by atoms with Crippen LogP contribution in [0, 0.1) is 0 Å². The van der Waals surface area contributed by atoms with Crippen LogP contribution in [0.2, 0.25) is 0 Å². The lowest BCUT2D eigenvalue weighted by atomic mass is 10.0. The van der Waals surface area contributed by atoms with E-state index in [0.717, 1.165) is 43.0 Å². The lowest BCUT2D eigenvalue weighted by molar-refractivity contribution is -0.133. The van der Waals surface area contributed by atoms with Gasteiger partial charge < -0.3 is 14.4 Å². The van der Waals surface area contributed by atoms with E-state index in [1.165, 1.54) is 5.56 Å². The van der Waals surface area contributed by atoms with Crippen molar-refractivity contribution >= 4 is 5.91 Å². The van der Waals surface area contributed by atoms with Crippen molar-refractivity contribution in [2.75, 3.05) is 33.4 Å². The molecule has 0 aromatic heterocycles. The number of carbonyl (C=O) groups excluding carboxylic acids is 1. The lowest BCUT2D eigenvalue weighted by Crippen LogP contribution is -2.38. The normalized spacial score (nSPS) is 18.7. The van der Waals surface area contributed by atoms with Gasteiger partial charge in [-0.3, -0.25) is 9.69 Å². The fourth-order valence-electron chi connectivity index (χ4n) is 3.95. The molecule has 1 fully saturated rings. The molecule has 2 heterocycles. The van der Waals surface area contributed by atoms with Crippen LogP contribution in [0.3, 0.4) is 0 Å². The Balaban J connectivity index is 1.42. The van der Waals surface area contributed by atoms with E-state index in [4.69, 9.17) is 9.47 Å². The number of carbonyl (C=O) groups is 1.